The molecule has 104 valence electrons. The van der Waals surface area contributed by atoms with Crippen LogP contribution in [0.1, 0.15) is 23.7 Å². The third kappa shape index (κ3) is 3.21. The number of rotatable bonds is 2. The van der Waals surface area contributed by atoms with Crippen molar-refractivity contribution in [3.05, 3.63) is 29.6 Å². The largest absolute Gasteiger partial charge is 0.492 e. The molecule has 0 unspecified atom stereocenters. The minimum Gasteiger partial charge on any atom is -0.334 e. The summed E-state index contributed by atoms with van der Waals surface area (Å²) >= 11 is 0. The van der Waals surface area contributed by atoms with Gasteiger partial charge in [-0.3, -0.25) is 9.82 Å². The van der Waals surface area contributed by atoms with Crippen LogP contribution in [0, 0.1) is 6.92 Å². The van der Waals surface area contributed by atoms with Gasteiger partial charge in [-0.2, -0.15) is 13.2 Å². The number of hydrogen-bond acceptors (Lipinski definition) is 5. The van der Waals surface area contributed by atoms with E-state index in [4.69, 9.17) is 4.84 Å². The smallest absolute Gasteiger partial charge is 0.334 e. The Morgan fingerprint density at radius 3 is 2.84 bits per heavy atom. The summed E-state index contributed by atoms with van der Waals surface area (Å²) in [6, 6.07) is 2.84. The molecular formula is C11H11F3N2O3. The molecule has 5 nitrogen and oxygen atoms in total. The first-order valence-electron chi connectivity index (χ1n) is 5.52. The zero-order valence-corrected chi connectivity index (χ0v) is 9.98. The van der Waals surface area contributed by atoms with E-state index in [0.717, 1.165) is 5.69 Å². The van der Waals surface area contributed by atoms with Gasteiger partial charge in [0.05, 0.1) is 6.61 Å². The molecule has 8 heteroatoms. The van der Waals surface area contributed by atoms with E-state index in [-0.39, 0.29) is 6.61 Å². The first kappa shape index (κ1) is 13.8. The van der Waals surface area contributed by atoms with Gasteiger partial charge in [0.25, 0.3) is 0 Å². The molecule has 1 saturated heterocycles. The van der Waals surface area contributed by atoms with Gasteiger partial charge < -0.3 is 4.84 Å². The molecule has 2 heterocycles. The number of alkyl halides is 3. The van der Waals surface area contributed by atoms with Crippen LogP contribution in [0.25, 0.3) is 0 Å². The van der Waals surface area contributed by atoms with Crippen LogP contribution in [0.2, 0.25) is 0 Å². The van der Waals surface area contributed by atoms with E-state index in [1.807, 2.05) is 0 Å². The van der Waals surface area contributed by atoms with Crippen molar-refractivity contribution in [1.29, 1.82) is 0 Å². The van der Waals surface area contributed by atoms with E-state index in [1.54, 1.807) is 19.1 Å². The molecule has 1 fully saturated rings. The molecular weight excluding hydrogens is 265 g/mol. The third-order valence-electron chi connectivity index (χ3n) is 2.59. The van der Waals surface area contributed by atoms with Gasteiger partial charge in [0.2, 0.25) is 0 Å². The second-order valence-corrected chi connectivity index (χ2v) is 4.03. The highest BCUT2D eigenvalue weighted by Crippen LogP contribution is 2.31. The van der Waals surface area contributed by atoms with Crippen molar-refractivity contribution < 1.29 is 27.6 Å². The van der Waals surface area contributed by atoms with Gasteiger partial charge in [0.1, 0.15) is 6.04 Å². The Kier molecular flexibility index (Phi) is 3.72. The van der Waals surface area contributed by atoms with Gasteiger partial charge in [-0.1, -0.05) is 6.07 Å². The van der Waals surface area contributed by atoms with Crippen molar-refractivity contribution in [2.75, 3.05) is 6.61 Å². The highest BCUT2D eigenvalue weighted by Gasteiger charge is 2.45. The van der Waals surface area contributed by atoms with Crippen LogP contribution in [0.3, 0.4) is 0 Å². The Hall–Kier alpha value is -1.67. The maximum atomic E-state index is 12.1. The van der Waals surface area contributed by atoms with Gasteiger partial charge in [0.15, 0.2) is 0 Å². The number of halogens is 3. The van der Waals surface area contributed by atoms with E-state index in [9.17, 15) is 18.0 Å². The normalized spacial score (nSPS) is 20.5. The lowest BCUT2D eigenvalue weighted by Gasteiger charge is -2.21. The monoisotopic (exact) mass is 276 g/mol. The summed E-state index contributed by atoms with van der Waals surface area (Å²) in [5.74, 6) is -2.31. The molecule has 1 aromatic rings. The molecule has 19 heavy (non-hydrogen) atoms. The lowest BCUT2D eigenvalue weighted by atomic mass is 10.1. The van der Waals surface area contributed by atoms with E-state index >= 15 is 0 Å². The van der Waals surface area contributed by atoms with Crippen molar-refractivity contribution in [3.8, 4) is 0 Å². The first-order chi connectivity index (χ1) is 8.88. The second-order valence-electron chi connectivity index (χ2n) is 4.03. The molecule has 2 rings (SSSR count). The molecule has 1 atom stereocenters. The number of aryl methyl sites for hydroxylation is 1. The van der Waals surface area contributed by atoms with E-state index in [1.165, 1.54) is 6.20 Å². The number of carbonyl (C=O) groups excluding carboxylic acids is 1. The number of hydroxylamine groups is 2. The maximum absolute atomic E-state index is 12.1. The standard InChI is InChI=1S/C11H11F3N2O3/c1-7-2-3-8(6-15-7)9-4-5-18-16(9)19-10(17)11(12,13)14/h2-3,6,9H,4-5H2,1H3/t9-/m0/s1. The van der Waals surface area contributed by atoms with Gasteiger partial charge in [-0.05, 0) is 30.2 Å². The molecule has 0 amide bonds. The summed E-state index contributed by atoms with van der Waals surface area (Å²) in [5, 5.41) is 0.585. The zero-order valence-electron chi connectivity index (χ0n) is 9.98. The quantitative estimate of drug-likeness (QED) is 0.827. The molecule has 0 N–H and O–H groups in total. The van der Waals surface area contributed by atoms with Crippen LogP contribution in [-0.2, 0) is 14.5 Å². The summed E-state index contributed by atoms with van der Waals surface area (Å²) in [4.78, 5) is 23.9. The minimum absolute atomic E-state index is 0.170. The molecule has 0 spiro atoms. The molecule has 0 aromatic carbocycles. The van der Waals surface area contributed by atoms with Crippen LogP contribution in [0.15, 0.2) is 18.3 Å². The molecule has 1 aliphatic rings. The number of hydrogen-bond donors (Lipinski definition) is 0. The zero-order chi connectivity index (χ0) is 14.0. The lowest BCUT2D eigenvalue weighted by Crippen LogP contribution is -2.34. The van der Waals surface area contributed by atoms with Crippen LogP contribution >= 0.6 is 0 Å². The maximum Gasteiger partial charge on any atom is 0.492 e. The fraction of sp³-hybridized carbons (Fsp3) is 0.455. The Morgan fingerprint density at radius 1 is 1.53 bits per heavy atom. The fourth-order valence-corrected chi connectivity index (χ4v) is 1.64. The summed E-state index contributed by atoms with van der Waals surface area (Å²) in [6.45, 7) is 1.96. The van der Waals surface area contributed by atoms with E-state index in [2.05, 4.69) is 9.82 Å². The average Bonchev–Trinajstić information content (AvgIpc) is 2.77. The Balaban J connectivity index is 2.09. The van der Waals surface area contributed by atoms with Crippen molar-refractivity contribution in [1.82, 2.24) is 10.2 Å². The Morgan fingerprint density at radius 2 is 2.26 bits per heavy atom. The minimum atomic E-state index is -5.05. The van der Waals surface area contributed by atoms with Crippen LogP contribution in [0.5, 0.6) is 0 Å². The average molecular weight is 276 g/mol. The van der Waals surface area contributed by atoms with Crippen molar-refractivity contribution >= 4 is 5.97 Å². The van der Waals surface area contributed by atoms with Crippen molar-refractivity contribution in [2.45, 2.75) is 25.6 Å². The summed E-state index contributed by atoms with van der Waals surface area (Å²) in [7, 11) is 0. The Bertz CT molecular complexity index is 461. The van der Waals surface area contributed by atoms with E-state index < -0.39 is 18.2 Å². The topological polar surface area (TPSA) is 51.7 Å². The lowest BCUT2D eigenvalue weighted by molar-refractivity contribution is -0.350. The summed E-state index contributed by atoms with van der Waals surface area (Å²) in [6.07, 6.45) is -3.12. The van der Waals surface area contributed by atoms with E-state index in [0.29, 0.717) is 17.2 Å². The molecule has 0 saturated carbocycles. The SMILES string of the molecule is Cc1ccc([C@@H]2CCON2OC(=O)C(F)(F)F)cn1. The molecule has 0 radical (unpaired) electrons. The third-order valence-corrected chi connectivity index (χ3v) is 2.59. The molecule has 0 bridgehead atoms. The summed E-state index contributed by atoms with van der Waals surface area (Å²) in [5.41, 5.74) is 1.40. The van der Waals surface area contributed by atoms with Crippen LogP contribution < -0.4 is 0 Å². The second kappa shape index (κ2) is 5.14. The number of pyridine rings is 1. The fourth-order valence-electron chi connectivity index (χ4n) is 1.64. The predicted molar refractivity (Wildman–Crippen MR) is 56.3 cm³/mol. The van der Waals surface area contributed by atoms with Crippen molar-refractivity contribution in [2.24, 2.45) is 0 Å². The number of carbonyl (C=O) groups is 1. The molecule has 1 aromatic heterocycles. The predicted octanol–water partition coefficient (Wildman–Crippen LogP) is 2.09. The summed E-state index contributed by atoms with van der Waals surface area (Å²) < 4.78 is 36.3. The van der Waals surface area contributed by atoms with Gasteiger partial charge in [0, 0.05) is 11.9 Å². The number of aromatic nitrogens is 1. The van der Waals surface area contributed by atoms with Crippen LogP contribution in [0.4, 0.5) is 13.2 Å². The first-order valence-corrected chi connectivity index (χ1v) is 5.52. The van der Waals surface area contributed by atoms with Gasteiger partial charge >= 0.3 is 12.1 Å². The number of nitrogens with zero attached hydrogens (tertiary/aromatic N) is 2. The molecule has 1 aliphatic heterocycles. The highest BCUT2D eigenvalue weighted by molar-refractivity contribution is 5.75. The van der Waals surface area contributed by atoms with Crippen LogP contribution in [-0.4, -0.2) is 29.0 Å². The van der Waals surface area contributed by atoms with Gasteiger partial charge in [-0.25, -0.2) is 4.79 Å². The van der Waals surface area contributed by atoms with Crippen molar-refractivity contribution in [3.63, 3.8) is 0 Å². The molecule has 0 aliphatic carbocycles. The Labute approximate surface area is 106 Å². The highest BCUT2D eigenvalue weighted by atomic mass is 19.4. The van der Waals surface area contributed by atoms with Gasteiger partial charge in [-0.15, -0.1) is 0 Å².